The highest BCUT2D eigenvalue weighted by atomic mass is 16.5. The van der Waals surface area contributed by atoms with Crippen LogP contribution in [0.15, 0.2) is 0 Å². The number of carbonyl (C=O) groups excluding carboxylic acids is 2. The molecule has 126 valence electrons. The number of piperidine rings is 1. The zero-order valence-corrected chi connectivity index (χ0v) is 13.3. The van der Waals surface area contributed by atoms with Crippen molar-refractivity contribution in [2.75, 3.05) is 19.7 Å². The molecule has 1 fully saturated rings. The van der Waals surface area contributed by atoms with Crippen molar-refractivity contribution in [1.29, 1.82) is 0 Å². The standard InChI is InChI=1S/C15H26N2O5/c1-3-4-7-22-15(21)11(13(16)14(19)20)9-17-8-10(2)5-6-12(17)18/h10-11,13H,3-9,16H2,1-2H3,(H,19,20)/t10-,11?,13?/m1/s1. The van der Waals surface area contributed by atoms with Gasteiger partial charge >= 0.3 is 11.9 Å². The number of nitrogens with two attached hydrogens (primary N) is 1. The molecule has 1 aliphatic rings. The maximum Gasteiger partial charge on any atom is 0.321 e. The van der Waals surface area contributed by atoms with Gasteiger partial charge in [-0.3, -0.25) is 14.4 Å². The minimum Gasteiger partial charge on any atom is -0.480 e. The molecule has 0 aliphatic carbocycles. The third-order valence-electron chi connectivity index (χ3n) is 3.92. The van der Waals surface area contributed by atoms with Crippen molar-refractivity contribution in [2.45, 2.75) is 45.6 Å². The van der Waals surface area contributed by atoms with Gasteiger partial charge in [0.15, 0.2) is 0 Å². The average molecular weight is 314 g/mol. The van der Waals surface area contributed by atoms with Crippen LogP contribution in [0.1, 0.15) is 39.5 Å². The maximum atomic E-state index is 12.1. The topological polar surface area (TPSA) is 110 Å². The Morgan fingerprint density at radius 3 is 2.77 bits per heavy atom. The van der Waals surface area contributed by atoms with Gasteiger partial charge in [0.1, 0.15) is 12.0 Å². The Hall–Kier alpha value is -1.63. The van der Waals surface area contributed by atoms with E-state index < -0.39 is 23.9 Å². The zero-order chi connectivity index (χ0) is 16.7. The van der Waals surface area contributed by atoms with E-state index in [0.717, 1.165) is 12.8 Å². The van der Waals surface area contributed by atoms with Crippen LogP contribution in [0.2, 0.25) is 0 Å². The maximum absolute atomic E-state index is 12.1. The molecule has 1 amide bonds. The fourth-order valence-electron chi connectivity index (χ4n) is 2.44. The van der Waals surface area contributed by atoms with E-state index in [-0.39, 0.29) is 19.1 Å². The molecule has 22 heavy (non-hydrogen) atoms. The minimum atomic E-state index is -1.38. The average Bonchev–Trinajstić information content (AvgIpc) is 2.47. The number of hydrogen-bond donors (Lipinski definition) is 2. The molecule has 3 atom stereocenters. The van der Waals surface area contributed by atoms with Crippen LogP contribution in [0.5, 0.6) is 0 Å². The number of carboxylic acid groups (broad SMARTS) is 1. The first-order valence-electron chi connectivity index (χ1n) is 7.79. The summed E-state index contributed by atoms with van der Waals surface area (Å²) in [4.78, 5) is 36.7. The molecule has 7 nitrogen and oxygen atoms in total. The summed E-state index contributed by atoms with van der Waals surface area (Å²) in [5.41, 5.74) is 5.62. The highest BCUT2D eigenvalue weighted by Gasteiger charge is 2.36. The van der Waals surface area contributed by atoms with E-state index in [4.69, 9.17) is 15.6 Å². The molecule has 2 unspecified atom stereocenters. The van der Waals surface area contributed by atoms with Crippen molar-refractivity contribution in [3.8, 4) is 0 Å². The van der Waals surface area contributed by atoms with Crippen LogP contribution < -0.4 is 5.73 Å². The van der Waals surface area contributed by atoms with Gasteiger partial charge in [0.05, 0.1) is 6.61 Å². The van der Waals surface area contributed by atoms with Gasteiger partial charge in [0, 0.05) is 19.5 Å². The Bertz CT molecular complexity index is 413. The smallest absolute Gasteiger partial charge is 0.321 e. The summed E-state index contributed by atoms with van der Waals surface area (Å²) in [6, 6.07) is -1.38. The number of nitrogens with zero attached hydrogens (tertiary/aromatic N) is 1. The van der Waals surface area contributed by atoms with E-state index in [2.05, 4.69) is 0 Å². The molecular weight excluding hydrogens is 288 g/mol. The van der Waals surface area contributed by atoms with E-state index in [1.165, 1.54) is 4.90 Å². The molecule has 7 heteroatoms. The summed E-state index contributed by atoms with van der Waals surface area (Å²) in [6.07, 6.45) is 2.80. The monoisotopic (exact) mass is 314 g/mol. The summed E-state index contributed by atoms with van der Waals surface area (Å²) >= 11 is 0. The first-order valence-corrected chi connectivity index (χ1v) is 7.79. The van der Waals surface area contributed by atoms with Gasteiger partial charge in [-0.25, -0.2) is 0 Å². The fraction of sp³-hybridized carbons (Fsp3) is 0.800. The predicted molar refractivity (Wildman–Crippen MR) is 79.9 cm³/mol. The van der Waals surface area contributed by atoms with Crippen molar-refractivity contribution in [3.63, 3.8) is 0 Å². The van der Waals surface area contributed by atoms with Crippen molar-refractivity contribution >= 4 is 17.8 Å². The fourth-order valence-corrected chi connectivity index (χ4v) is 2.44. The number of likely N-dealkylation sites (tertiary alicyclic amines) is 1. The molecule has 1 aliphatic heterocycles. The van der Waals surface area contributed by atoms with Crippen molar-refractivity contribution in [2.24, 2.45) is 17.6 Å². The number of ether oxygens (including phenoxy) is 1. The lowest BCUT2D eigenvalue weighted by atomic mass is 9.95. The van der Waals surface area contributed by atoms with E-state index in [0.29, 0.717) is 25.3 Å². The normalized spacial score (nSPS) is 21.3. The van der Waals surface area contributed by atoms with Crippen LogP contribution in [-0.4, -0.2) is 53.6 Å². The second kappa shape index (κ2) is 8.73. The summed E-state index contributed by atoms with van der Waals surface area (Å²) in [6.45, 7) is 4.74. The van der Waals surface area contributed by atoms with Gasteiger partial charge in [-0.1, -0.05) is 20.3 Å². The summed E-state index contributed by atoms with van der Waals surface area (Å²) in [5, 5.41) is 9.08. The molecule has 0 aromatic carbocycles. The first kappa shape index (κ1) is 18.4. The van der Waals surface area contributed by atoms with Gasteiger partial charge < -0.3 is 20.5 Å². The van der Waals surface area contributed by atoms with Crippen molar-refractivity contribution in [1.82, 2.24) is 4.90 Å². The number of carbonyl (C=O) groups is 3. The second-order valence-corrected chi connectivity index (χ2v) is 5.93. The van der Waals surface area contributed by atoms with Gasteiger partial charge in [-0.2, -0.15) is 0 Å². The van der Waals surface area contributed by atoms with Crippen LogP contribution in [0.4, 0.5) is 0 Å². The van der Waals surface area contributed by atoms with Crippen LogP contribution in [0, 0.1) is 11.8 Å². The van der Waals surface area contributed by atoms with E-state index in [9.17, 15) is 14.4 Å². The van der Waals surface area contributed by atoms with Crippen molar-refractivity contribution < 1.29 is 24.2 Å². The molecule has 0 spiro atoms. The number of unbranched alkanes of at least 4 members (excludes halogenated alkanes) is 1. The molecule has 0 aromatic rings. The van der Waals surface area contributed by atoms with Gasteiger partial charge in [-0.15, -0.1) is 0 Å². The molecule has 1 heterocycles. The van der Waals surface area contributed by atoms with Crippen molar-refractivity contribution in [3.05, 3.63) is 0 Å². The molecule has 1 saturated heterocycles. The molecule has 0 radical (unpaired) electrons. The second-order valence-electron chi connectivity index (χ2n) is 5.93. The third kappa shape index (κ3) is 5.29. The number of esters is 1. The van der Waals surface area contributed by atoms with Gasteiger partial charge in [-0.05, 0) is 18.8 Å². The molecule has 0 aromatic heterocycles. The van der Waals surface area contributed by atoms with E-state index >= 15 is 0 Å². The van der Waals surface area contributed by atoms with E-state index in [1.807, 2.05) is 13.8 Å². The Morgan fingerprint density at radius 2 is 2.18 bits per heavy atom. The molecule has 1 rings (SSSR count). The van der Waals surface area contributed by atoms with E-state index in [1.54, 1.807) is 0 Å². The lowest BCUT2D eigenvalue weighted by Gasteiger charge is -2.33. The largest absolute Gasteiger partial charge is 0.480 e. The molecule has 0 saturated carbocycles. The van der Waals surface area contributed by atoms with Gasteiger partial charge in [0.25, 0.3) is 0 Å². The number of rotatable bonds is 8. The third-order valence-corrected chi connectivity index (χ3v) is 3.92. The summed E-state index contributed by atoms with van der Waals surface area (Å²) in [5.74, 6) is -2.69. The predicted octanol–water partition coefficient (Wildman–Crippen LogP) is 0.616. The lowest BCUT2D eigenvalue weighted by Crippen LogP contribution is -2.51. The summed E-state index contributed by atoms with van der Waals surface area (Å²) in [7, 11) is 0. The Morgan fingerprint density at radius 1 is 1.50 bits per heavy atom. The number of hydrogen-bond acceptors (Lipinski definition) is 5. The summed E-state index contributed by atoms with van der Waals surface area (Å²) < 4.78 is 5.10. The highest BCUT2D eigenvalue weighted by molar-refractivity contribution is 5.84. The minimum absolute atomic E-state index is 0.00159. The van der Waals surface area contributed by atoms with Crippen LogP contribution in [-0.2, 0) is 19.1 Å². The van der Waals surface area contributed by atoms with Gasteiger partial charge in [0.2, 0.25) is 5.91 Å². The van der Waals surface area contributed by atoms with Crippen LogP contribution >= 0.6 is 0 Å². The quantitative estimate of drug-likeness (QED) is 0.502. The zero-order valence-electron chi connectivity index (χ0n) is 13.3. The number of amides is 1. The SMILES string of the molecule is CCCCOC(=O)C(CN1C[C@H](C)CCC1=O)C(N)C(=O)O. The first-order chi connectivity index (χ1) is 10.4. The molecule has 0 bridgehead atoms. The van der Waals surface area contributed by atoms with Crippen LogP contribution in [0.3, 0.4) is 0 Å². The number of carboxylic acids is 1. The molecule has 3 N–H and O–H groups in total. The Labute approximate surface area is 130 Å². The Balaban J connectivity index is 2.74. The Kier molecular flexibility index (Phi) is 7.31. The highest BCUT2D eigenvalue weighted by Crippen LogP contribution is 2.19. The molecular formula is C15H26N2O5. The lowest BCUT2D eigenvalue weighted by molar-refractivity contribution is -0.156. The number of aliphatic carboxylic acids is 1. The van der Waals surface area contributed by atoms with Crippen LogP contribution in [0.25, 0.3) is 0 Å².